The van der Waals surface area contributed by atoms with Crippen LogP contribution in [0.25, 0.3) is 0 Å². The van der Waals surface area contributed by atoms with Crippen LogP contribution in [0.4, 0.5) is 17.1 Å². The van der Waals surface area contributed by atoms with Crippen molar-refractivity contribution in [3.05, 3.63) is 54.1 Å². The maximum Gasteiger partial charge on any atom is 0.0991 e. The summed E-state index contributed by atoms with van der Waals surface area (Å²) in [6, 6.07) is 18.6. The SMILES string of the molecule is CNc1ccc(N2CCN(c3ccc(C#N)cc3)CC2)cc1. The summed E-state index contributed by atoms with van der Waals surface area (Å²) in [5.41, 5.74) is 4.33. The van der Waals surface area contributed by atoms with Gasteiger partial charge in [0.05, 0.1) is 11.6 Å². The standard InChI is InChI=1S/C18H20N4/c1-20-16-4-8-18(9-5-16)22-12-10-21(11-13-22)17-6-2-15(14-19)3-7-17/h2-9,20H,10-13H2,1H3. The molecule has 0 bridgehead atoms. The number of hydrogen-bond acceptors (Lipinski definition) is 4. The first-order valence-electron chi connectivity index (χ1n) is 7.58. The second-order valence-corrected chi connectivity index (χ2v) is 5.43. The third-order valence-electron chi connectivity index (χ3n) is 4.16. The minimum absolute atomic E-state index is 0.715. The van der Waals surface area contributed by atoms with Gasteiger partial charge in [-0.1, -0.05) is 0 Å². The van der Waals surface area contributed by atoms with Crippen molar-refractivity contribution in [1.82, 2.24) is 0 Å². The van der Waals surface area contributed by atoms with E-state index in [-0.39, 0.29) is 0 Å². The molecular formula is C18H20N4. The van der Waals surface area contributed by atoms with Crippen LogP contribution >= 0.6 is 0 Å². The quantitative estimate of drug-likeness (QED) is 0.944. The zero-order valence-corrected chi connectivity index (χ0v) is 12.8. The van der Waals surface area contributed by atoms with E-state index in [1.54, 1.807) is 0 Å². The molecule has 0 saturated carbocycles. The molecule has 0 atom stereocenters. The Hall–Kier alpha value is -2.67. The predicted octanol–water partition coefficient (Wildman–Crippen LogP) is 2.93. The van der Waals surface area contributed by atoms with Crippen molar-refractivity contribution in [3.8, 4) is 6.07 Å². The van der Waals surface area contributed by atoms with E-state index in [1.807, 2.05) is 31.3 Å². The van der Waals surface area contributed by atoms with E-state index < -0.39 is 0 Å². The number of nitriles is 1. The normalized spacial score (nSPS) is 14.5. The minimum Gasteiger partial charge on any atom is -0.388 e. The van der Waals surface area contributed by atoms with Crippen molar-refractivity contribution in [2.75, 3.05) is 48.3 Å². The third kappa shape index (κ3) is 2.99. The number of nitrogens with zero attached hydrogens (tertiary/aromatic N) is 3. The molecule has 0 unspecified atom stereocenters. The van der Waals surface area contributed by atoms with E-state index in [9.17, 15) is 0 Å². The average Bonchev–Trinajstić information content (AvgIpc) is 2.62. The summed E-state index contributed by atoms with van der Waals surface area (Å²) in [5.74, 6) is 0. The van der Waals surface area contributed by atoms with Gasteiger partial charge in [0.25, 0.3) is 0 Å². The molecule has 1 saturated heterocycles. The highest BCUT2D eigenvalue weighted by atomic mass is 15.3. The molecule has 0 aromatic heterocycles. The molecule has 0 amide bonds. The zero-order chi connectivity index (χ0) is 15.4. The number of hydrogen-bond donors (Lipinski definition) is 1. The molecule has 1 N–H and O–H groups in total. The monoisotopic (exact) mass is 292 g/mol. The number of rotatable bonds is 3. The Morgan fingerprint density at radius 3 is 1.68 bits per heavy atom. The van der Waals surface area contributed by atoms with Gasteiger partial charge in [-0.15, -0.1) is 0 Å². The molecule has 1 aliphatic rings. The van der Waals surface area contributed by atoms with Crippen LogP contribution < -0.4 is 15.1 Å². The first kappa shape index (κ1) is 14.3. The lowest BCUT2D eigenvalue weighted by Crippen LogP contribution is -2.46. The highest BCUT2D eigenvalue weighted by Gasteiger charge is 2.17. The minimum atomic E-state index is 0.715. The topological polar surface area (TPSA) is 42.3 Å². The summed E-state index contributed by atoms with van der Waals surface area (Å²) >= 11 is 0. The van der Waals surface area contributed by atoms with Crippen LogP contribution in [0.5, 0.6) is 0 Å². The van der Waals surface area contributed by atoms with Gasteiger partial charge >= 0.3 is 0 Å². The number of nitrogens with one attached hydrogen (secondary N) is 1. The molecule has 112 valence electrons. The zero-order valence-electron chi connectivity index (χ0n) is 12.8. The second-order valence-electron chi connectivity index (χ2n) is 5.43. The Labute approximate surface area is 131 Å². The van der Waals surface area contributed by atoms with Crippen molar-refractivity contribution in [1.29, 1.82) is 5.26 Å². The fraction of sp³-hybridized carbons (Fsp3) is 0.278. The fourth-order valence-electron chi connectivity index (χ4n) is 2.81. The van der Waals surface area contributed by atoms with Gasteiger partial charge in [0, 0.05) is 50.3 Å². The van der Waals surface area contributed by atoms with Gasteiger partial charge in [-0.05, 0) is 48.5 Å². The van der Waals surface area contributed by atoms with Crippen LogP contribution in [0, 0.1) is 11.3 Å². The summed E-state index contributed by atoms with van der Waals surface area (Å²) in [7, 11) is 1.94. The van der Waals surface area contributed by atoms with Crippen LogP contribution in [0.3, 0.4) is 0 Å². The molecule has 2 aromatic rings. The van der Waals surface area contributed by atoms with Gasteiger partial charge in [-0.25, -0.2) is 0 Å². The van der Waals surface area contributed by atoms with E-state index in [0.717, 1.165) is 31.9 Å². The van der Waals surface area contributed by atoms with Gasteiger partial charge in [-0.3, -0.25) is 0 Å². The fourth-order valence-corrected chi connectivity index (χ4v) is 2.81. The van der Waals surface area contributed by atoms with E-state index >= 15 is 0 Å². The van der Waals surface area contributed by atoms with Crippen molar-refractivity contribution >= 4 is 17.1 Å². The molecule has 0 spiro atoms. The van der Waals surface area contributed by atoms with Crippen LogP contribution in [-0.4, -0.2) is 33.2 Å². The predicted molar refractivity (Wildman–Crippen MR) is 91.6 cm³/mol. The molecule has 0 radical (unpaired) electrons. The summed E-state index contributed by atoms with van der Waals surface area (Å²) in [5, 5.41) is 12.0. The van der Waals surface area contributed by atoms with Gasteiger partial charge in [0.1, 0.15) is 0 Å². The number of anilines is 3. The van der Waals surface area contributed by atoms with Crippen LogP contribution in [-0.2, 0) is 0 Å². The average molecular weight is 292 g/mol. The van der Waals surface area contributed by atoms with Crippen molar-refractivity contribution in [2.24, 2.45) is 0 Å². The maximum absolute atomic E-state index is 8.86. The van der Waals surface area contributed by atoms with Gasteiger partial charge < -0.3 is 15.1 Å². The van der Waals surface area contributed by atoms with E-state index in [1.165, 1.54) is 11.4 Å². The Morgan fingerprint density at radius 1 is 0.818 bits per heavy atom. The lowest BCUT2D eigenvalue weighted by Gasteiger charge is -2.37. The van der Waals surface area contributed by atoms with E-state index in [4.69, 9.17) is 5.26 Å². The van der Waals surface area contributed by atoms with E-state index in [0.29, 0.717) is 5.56 Å². The van der Waals surface area contributed by atoms with Gasteiger partial charge in [0.15, 0.2) is 0 Å². The molecule has 22 heavy (non-hydrogen) atoms. The van der Waals surface area contributed by atoms with Crippen LogP contribution in [0.2, 0.25) is 0 Å². The van der Waals surface area contributed by atoms with E-state index in [2.05, 4.69) is 45.5 Å². The molecule has 0 aliphatic carbocycles. The van der Waals surface area contributed by atoms with Crippen molar-refractivity contribution < 1.29 is 0 Å². The molecule has 4 nitrogen and oxygen atoms in total. The summed E-state index contributed by atoms with van der Waals surface area (Å²) < 4.78 is 0. The largest absolute Gasteiger partial charge is 0.388 e. The Kier molecular flexibility index (Phi) is 4.15. The molecule has 2 aromatic carbocycles. The van der Waals surface area contributed by atoms with Gasteiger partial charge in [-0.2, -0.15) is 5.26 Å². The first-order valence-corrected chi connectivity index (χ1v) is 7.58. The van der Waals surface area contributed by atoms with Crippen LogP contribution in [0.15, 0.2) is 48.5 Å². The number of piperazine rings is 1. The highest BCUT2D eigenvalue weighted by Crippen LogP contribution is 2.22. The van der Waals surface area contributed by atoms with Crippen molar-refractivity contribution in [3.63, 3.8) is 0 Å². The summed E-state index contributed by atoms with van der Waals surface area (Å²) in [6.07, 6.45) is 0. The Balaban J connectivity index is 1.62. The van der Waals surface area contributed by atoms with Gasteiger partial charge in [0.2, 0.25) is 0 Å². The molecule has 3 rings (SSSR count). The Bertz CT molecular complexity index is 647. The maximum atomic E-state index is 8.86. The lowest BCUT2D eigenvalue weighted by atomic mass is 10.2. The first-order chi connectivity index (χ1) is 10.8. The van der Waals surface area contributed by atoms with Crippen LogP contribution in [0.1, 0.15) is 5.56 Å². The second kappa shape index (κ2) is 6.40. The number of benzene rings is 2. The third-order valence-corrected chi connectivity index (χ3v) is 4.16. The van der Waals surface area contributed by atoms with Crippen molar-refractivity contribution in [2.45, 2.75) is 0 Å². The highest BCUT2D eigenvalue weighted by molar-refractivity contribution is 5.57. The molecule has 4 heteroatoms. The molecular weight excluding hydrogens is 272 g/mol. The smallest absolute Gasteiger partial charge is 0.0991 e. The molecule has 1 aliphatic heterocycles. The molecule has 1 heterocycles. The summed E-state index contributed by atoms with van der Waals surface area (Å²) in [6.45, 7) is 4.02. The molecule has 1 fully saturated rings. The lowest BCUT2D eigenvalue weighted by molar-refractivity contribution is 0.653. The Morgan fingerprint density at radius 2 is 1.27 bits per heavy atom. The summed E-state index contributed by atoms with van der Waals surface area (Å²) in [4.78, 5) is 4.79.